The van der Waals surface area contributed by atoms with Crippen LogP contribution in [0.3, 0.4) is 0 Å². The lowest BCUT2D eigenvalue weighted by molar-refractivity contribution is -0.152. The molecule has 27 heavy (non-hydrogen) atoms. The second kappa shape index (κ2) is 9.04. The van der Waals surface area contributed by atoms with Gasteiger partial charge in [-0.15, -0.1) is 11.3 Å². The quantitative estimate of drug-likeness (QED) is 0.664. The SMILES string of the molecule is COc1ccc(CC(=O)O[C@H](C)C(=O)Nc2sccc2C(N)=O)c(OC)c1. The number of methoxy groups -OCH3 is 2. The van der Waals surface area contributed by atoms with Gasteiger partial charge in [-0.2, -0.15) is 0 Å². The van der Waals surface area contributed by atoms with E-state index in [2.05, 4.69) is 5.32 Å². The summed E-state index contributed by atoms with van der Waals surface area (Å²) in [5.41, 5.74) is 6.04. The first-order chi connectivity index (χ1) is 12.8. The molecule has 0 saturated carbocycles. The van der Waals surface area contributed by atoms with E-state index >= 15 is 0 Å². The van der Waals surface area contributed by atoms with Crippen molar-refractivity contribution in [1.29, 1.82) is 0 Å². The number of benzene rings is 1. The molecular formula is C18H20N2O6S. The first kappa shape index (κ1) is 20.2. The second-order valence-corrected chi connectivity index (χ2v) is 6.42. The van der Waals surface area contributed by atoms with Gasteiger partial charge >= 0.3 is 5.97 Å². The number of nitrogens with one attached hydrogen (secondary N) is 1. The molecule has 0 aliphatic carbocycles. The Labute approximate surface area is 160 Å². The van der Waals surface area contributed by atoms with E-state index in [0.717, 1.165) is 11.3 Å². The molecule has 144 valence electrons. The second-order valence-electron chi connectivity index (χ2n) is 5.50. The molecule has 0 spiro atoms. The summed E-state index contributed by atoms with van der Waals surface area (Å²) >= 11 is 1.15. The van der Waals surface area contributed by atoms with E-state index in [1.165, 1.54) is 27.2 Å². The molecule has 2 amide bonds. The van der Waals surface area contributed by atoms with Crippen LogP contribution in [0.4, 0.5) is 5.00 Å². The van der Waals surface area contributed by atoms with Crippen molar-refractivity contribution in [2.75, 3.05) is 19.5 Å². The van der Waals surface area contributed by atoms with Crippen molar-refractivity contribution in [3.8, 4) is 11.5 Å². The number of thiophene rings is 1. The molecule has 0 bridgehead atoms. The Hall–Kier alpha value is -3.07. The number of rotatable bonds is 8. The third-order valence-corrected chi connectivity index (χ3v) is 4.50. The van der Waals surface area contributed by atoms with E-state index in [4.69, 9.17) is 19.9 Å². The van der Waals surface area contributed by atoms with Crippen LogP contribution in [0.15, 0.2) is 29.6 Å². The summed E-state index contributed by atoms with van der Waals surface area (Å²) in [5.74, 6) is -0.730. The van der Waals surface area contributed by atoms with Gasteiger partial charge in [0.05, 0.1) is 26.2 Å². The molecule has 0 radical (unpaired) electrons. The highest BCUT2D eigenvalue weighted by molar-refractivity contribution is 7.14. The molecule has 0 aliphatic rings. The van der Waals surface area contributed by atoms with Gasteiger partial charge in [0, 0.05) is 11.6 Å². The number of amides is 2. The van der Waals surface area contributed by atoms with Crippen LogP contribution in [0, 0.1) is 0 Å². The molecule has 2 rings (SSSR count). The minimum absolute atomic E-state index is 0.0731. The number of nitrogens with two attached hydrogens (primary N) is 1. The maximum absolute atomic E-state index is 12.2. The molecule has 2 aromatic rings. The van der Waals surface area contributed by atoms with Gasteiger partial charge in [0.15, 0.2) is 6.10 Å². The zero-order valence-electron chi connectivity index (χ0n) is 15.1. The normalized spacial score (nSPS) is 11.4. The average molecular weight is 392 g/mol. The van der Waals surface area contributed by atoms with Gasteiger partial charge in [-0.05, 0) is 24.4 Å². The van der Waals surface area contributed by atoms with E-state index < -0.39 is 23.9 Å². The van der Waals surface area contributed by atoms with Crippen molar-refractivity contribution < 1.29 is 28.6 Å². The van der Waals surface area contributed by atoms with Crippen LogP contribution in [0.1, 0.15) is 22.8 Å². The van der Waals surface area contributed by atoms with Crippen LogP contribution < -0.4 is 20.5 Å². The number of carbonyl (C=O) groups excluding carboxylic acids is 3. The van der Waals surface area contributed by atoms with Crippen molar-refractivity contribution >= 4 is 34.1 Å². The lowest BCUT2D eigenvalue weighted by Crippen LogP contribution is -2.31. The number of hydrogen-bond donors (Lipinski definition) is 2. The van der Waals surface area contributed by atoms with Crippen LogP contribution in [-0.4, -0.2) is 38.1 Å². The van der Waals surface area contributed by atoms with Crippen molar-refractivity contribution in [2.45, 2.75) is 19.4 Å². The van der Waals surface area contributed by atoms with Crippen LogP contribution in [0.25, 0.3) is 0 Å². The molecule has 1 aromatic carbocycles. The molecule has 0 saturated heterocycles. The van der Waals surface area contributed by atoms with Crippen LogP contribution >= 0.6 is 11.3 Å². The molecule has 8 nitrogen and oxygen atoms in total. The third-order valence-electron chi connectivity index (χ3n) is 3.67. The van der Waals surface area contributed by atoms with Gasteiger partial charge in [0.1, 0.15) is 16.5 Å². The van der Waals surface area contributed by atoms with Gasteiger partial charge in [-0.25, -0.2) is 0 Å². The lowest BCUT2D eigenvalue weighted by Gasteiger charge is -2.14. The number of hydrogen-bond acceptors (Lipinski definition) is 7. The maximum Gasteiger partial charge on any atom is 0.311 e. The minimum atomic E-state index is -1.05. The van der Waals surface area contributed by atoms with E-state index in [0.29, 0.717) is 22.1 Å². The Balaban J connectivity index is 1.98. The zero-order valence-corrected chi connectivity index (χ0v) is 15.9. The molecule has 1 atom stereocenters. The standard InChI is InChI=1S/C18H20N2O6S/c1-10(17(23)20-18-13(16(19)22)6-7-27-18)26-15(21)8-11-4-5-12(24-2)9-14(11)25-3/h4-7,9-10H,8H2,1-3H3,(H2,19,22)(H,20,23)/t10-/m1/s1. The molecule has 1 aromatic heterocycles. The fraction of sp³-hybridized carbons (Fsp3) is 0.278. The Morgan fingerprint density at radius 2 is 1.93 bits per heavy atom. The molecule has 1 heterocycles. The Bertz CT molecular complexity index is 848. The fourth-order valence-corrected chi connectivity index (χ4v) is 3.05. The molecule has 9 heteroatoms. The summed E-state index contributed by atoms with van der Waals surface area (Å²) in [7, 11) is 3.01. The van der Waals surface area contributed by atoms with Crippen LogP contribution in [0.2, 0.25) is 0 Å². The highest BCUT2D eigenvalue weighted by Crippen LogP contribution is 2.26. The first-order valence-corrected chi connectivity index (χ1v) is 8.82. The lowest BCUT2D eigenvalue weighted by atomic mass is 10.1. The Morgan fingerprint density at radius 1 is 1.19 bits per heavy atom. The van der Waals surface area contributed by atoms with E-state index in [1.54, 1.807) is 23.6 Å². The first-order valence-electron chi connectivity index (χ1n) is 7.94. The van der Waals surface area contributed by atoms with Gasteiger partial charge in [-0.1, -0.05) is 6.07 Å². The Kier molecular flexibility index (Phi) is 6.78. The highest BCUT2D eigenvalue weighted by atomic mass is 32.1. The predicted molar refractivity (Wildman–Crippen MR) is 100 cm³/mol. The highest BCUT2D eigenvalue weighted by Gasteiger charge is 2.21. The fourth-order valence-electron chi connectivity index (χ4n) is 2.26. The van der Waals surface area contributed by atoms with E-state index in [9.17, 15) is 14.4 Å². The monoisotopic (exact) mass is 392 g/mol. The summed E-state index contributed by atoms with van der Waals surface area (Å²) in [5, 5.41) is 4.48. The van der Waals surface area contributed by atoms with Crippen molar-refractivity contribution in [1.82, 2.24) is 0 Å². The predicted octanol–water partition coefficient (Wildman–Crippen LogP) is 1.98. The molecular weight excluding hydrogens is 372 g/mol. The van der Waals surface area contributed by atoms with E-state index in [-0.39, 0.29) is 12.0 Å². The summed E-state index contributed by atoms with van der Waals surface area (Å²) in [6.07, 6.45) is -1.12. The average Bonchev–Trinajstić information content (AvgIpc) is 3.10. The number of esters is 1. The van der Waals surface area contributed by atoms with Crippen LogP contribution in [0.5, 0.6) is 11.5 Å². The summed E-state index contributed by atoms with van der Waals surface area (Å²) in [6, 6.07) is 6.55. The number of primary amides is 1. The minimum Gasteiger partial charge on any atom is -0.497 e. The van der Waals surface area contributed by atoms with Gasteiger partial charge in [0.2, 0.25) is 0 Å². The van der Waals surface area contributed by atoms with E-state index in [1.807, 2.05) is 0 Å². The molecule has 0 fully saturated rings. The van der Waals surface area contributed by atoms with Crippen molar-refractivity contribution in [3.05, 3.63) is 40.8 Å². The van der Waals surface area contributed by atoms with Crippen molar-refractivity contribution in [3.63, 3.8) is 0 Å². The third kappa shape index (κ3) is 5.20. The van der Waals surface area contributed by atoms with Crippen LogP contribution in [-0.2, 0) is 20.7 Å². The summed E-state index contributed by atoms with van der Waals surface area (Å²) < 4.78 is 15.5. The zero-order chi connectivity index (χ0) is 20.0. The summed E-state index contributed by atoms with van der Waals surface area (Å²) in [4.78, 5) is 35.7. The van der Waals surface area contributed by atoms with Gasteiger partial charge < -0.3 is 25.3 Å². The molecule has 0 unspecified atom stereocenters. The summed E-state index contributed by atoms with van der Waals surface area (Å²) in [6.45, 7) is 1.44. The smallest absolute Gasteiger partial charge is 0.311 e. The van der Waals surface area contributed by atoms with Crippen molar-refractivity contribution in [2.24, 2.45) is 5.73 Å². The number of ether oxygens (including phenoxy) is 3. The van der Waals surface area contributed by atoms with Gasteiger partial charge in [-0.3, -0.25) is 14.4 Å². The topological polar surface area (TPSA) is 117 Å². The molecule has 0 aliphatic heterocycles. The number of carbonyl (C=O) groups is 3. The Morgan fingerprint density at radius 3 is 2.56 bits per heavy atom. The van der Waals surface area contributed by atoms with Gasteiger partial charge in [0.25, 0.3) is 11.8 Å². The largest absolute Gasteiger partial charge is 0.497 e. The molecule has 3 N–H and O–H groups in total. The number of anilines is 1. The maximum atomic E-state index is 12.2.